The average molecular weight is 264 g/mol. The molecule has 0 bridgehead atoms. The highest BCUT2D eigenvalue weighted by Gasteiger charge is 2.13. The normalized spacial score (nSPS) is 12.6. The summed E-state index contributed by atoms with van der Waals surface area (Å²) in [6, 6.07) is 1.97. The minimum absolute atomic E-state index is 0.136. The van der Waals surface area contributed by atoms with Gasteiger partial charge in [0.15, 0.2) is 0 Å². The van der Waals surface area contributed by atoms with E-state index in [1.54, 1.807) is 4.52 Å². The Kier molecular flexibility index (Phi) is 3.42. The minimum Gasteiger partial charge on any atom is -0.393 e. The van der Waals surface area contributed by atoms with Crippen LogP contribution in [-0.4, -0.2) is 38.2 Å². The molecular formula is C11H16N6S. The Morgan fingerprint density at radius 3 is 3.00 bits per heavy atom. The molecule has 2 aromatic heterocycles. The van der Waals surface area contributed by atoms with E-state index in [1.807, 2.05) is 27.0 Å². The van der Waals surface area contributed by atoms with E-state index < -0.39 is 0 Å². The summed E-state index contributed by atoms with van der Waals surface area (Å²) in [6.45, 7) is 4.67. The summed E-state index contributed by atoms with van der Waals surface area (Å²) in [6.07, 6.45) is 1.50. The molecule has 2 aromatic rings. The summed E-state index contributed by atoms with van der Waals surface area (Å²) in [7, 11) is 1.98. The van der Waals surface area contributed by atoms with Crippen LogP contribution in [0, 0.1) is 12.8 Å². The number of fused-ring (bicyclic) bond motifs is 1. The largest absolute Gasteiger partial charge is 0.393 e. The van der Waals surface area contributed by atoms with Crippen molar-refractivity contribution in [1.29, 1.82) is 0 Å². The van der Waals surface area contributed by atoms with Gasteiger partial charge >= 0.3 is 0 Å². The maximum atomic E-state index is 5.64. The summed E-state index contributed by atoms with van der Waals surface area (Å²) in [4.78, 5) is 11.0. The Morgan fingerprint density at radius 2 is 2.33 bits per heavy atom. The van der Waals surface area contributed by atoms with Gasteiger partial charge in [-0.15, -0.1) is 0 Å². The van der Waals surface area contributed by atoms with Gasteiger partial charge in [-0.05, 0) is 6.92 Å². The van der Waals surface area contributed by atoms with Crippen molar-refractivity contribution >= 4 is 28.8 Å². The number of thiocarbonyl (C=S) groups is 1. The molecule has 2 rings (SSSR count). The van der Waals surface area contributed by atoms with Gasteiger partial charge in [-0.1, -0.05) is 19.1 Å². The van der Waals surface area contributed by atoms with Crippen molar-refractivity contribution in [1.82, 2.24) is 19.6 Å². The highest BCUT2D eigenvalue weighted by atomic mass is 32.1. The van der Waals surface area contributed by atoms with E-state index >= 15 is 0 Å². The first-order valence-corrected chi connectivity index (χ1v) is 6.07. The van der Waals surface area contributed by atoms with Gasteiger partial charge in [0.25, 0.3) is 5.78 Å². The molecule has 96 valence electrons. The highest BCUT2D eigenvalue weighted by Crippen LogP contribution is 2.15. The highest BCUT2D eigenvalue weighted by molar-refractivity contribution is 7.80. The second-order valence-electron chi connectivity index (χ2n) is 4.41. The molecule has 7 heteroatoms. The predicted octanol–water partition coefficient (Wildman–Crippen LogP) is 0.791. The molecule has 0 amide bonds. The van der Waals surface area contributed by atoms with Crippen LogP contribution in [0.25, 0.3) is 5.78 Å². The van der Waals surface area contributed by atoms with E-state index in [2.05, 4.69) is 20.0 Å². The van der Waals surface area contributed by atoms with Crippen LogP contribution in [0.15, 0.2) is 12.4 Å². The molecular weight excluding hydrogens is 248 g/mol. The van der Waals surface area contributed by atoms with Crippen LogP contribution in [0.4, 0.5) is 5.82 Å². The molecule has 6 nitrogen and oxygen atoms in total. The fourth-order valence-electron chi connectivity index (χ4n) is 1.78. The van der Waals surface area contributed by atoms with Crippen molar-refractivity contribution in [3.05, 3.63) is 18.1 Å². The van der Waals surface area contributed by atoms with Gasteiger partial charge in [-0.3, -0.25) is 0 Å². The molecule has 0 aliphatic rings. The number of aryl methyl sites for hydroxylation is 1. The Hall–Kier alpha value is -1.76. The molecule has 2 heterocycles. The Bertz CT molecular complexity index is 578. The fraction of sp³-hybridized carbons (Fsp3) is 0.455. The van der Waals surface area contributed by atoms with E-state index in [0.717, 1.165) is 18.1 Å². The van der Waals surface area contributed by atoms with Crippen LogP contribution in [0.5, 0.6) is 0 Å². The maximum Gasteiger partial charge on any atom is 0.254 e. The maximum absolute atomic E-state index is 5.64. The van der Waals surface area contributed by atoms with Crippen LogP contribution in [0.3, 0.4) is 0 Å². The van der Waals surface area contributed by atoms with E-state index in [1.165, 1.54) is 6.33 Å². The first-order valence-electron chi connectivity index (χ1n) is 5.67. The van der Waals surface area contributed by atoms with Crippen molar-refractivity contribution < 1.29 is 0 Å². The third-order valence-corrected chi connectivity index (χ3v) is 3.19. The van der Waals surface area contributed by atoms with Gasteiger partial charge in [-0.25, -0.2) is 4.98 Å². The lowest BCUT2D eigenvalue weighted by Crippen LogP contribution is -2.32. The summed E-state index contributed by atoms with van der Waals surface area (Å²) in [5.74, 6) is 1.66. The van der Waals surface area contributed by atoms with Crippen LogP contribution >= 0.6 is 12.2 Å². The molecule has 1 unspecified atom stereocenters. The standard InChI is InChI=1S/C11H16N6S/c1-7(10(12)18)5-16(3)9-4-8(2)15-11-13-6-14-17(9)11/h4,6-7H,5H2,1-3H3,(H2,12,18). The summed E-state index contributed by atoms with van der Waals surface area (Å²) in [5.41, 5.74) is 6.55. The third-order valence-electron chi connectivity index (χ3n) is 2.79. The zero-order valence-electron chi connectivity index (χ0n) is 10.7. The molecule has 0 saturated carbocycles. The Balaban J connectivity index is 2.34. The van der Waals surface area contributed by atoms with Crippen LogP contribution < -0.4 is 10.6 Å². The van der Waals surface area contributed by atoms with Gasteiger partial charge in [0.2, 0.25) is 0 Å². The van der Waals surface area contributed by atoms with Gasteiger partial charge in [0.05, 0.1) is 4.99 Å². The summed E-state index contributed by atoms with van der Waals surface area (Å²) >= 11 is 5.00. The van der Waals surface area contributed by atoms with Gasteiger partial charge in [-0.2, -0.15) is 14.6 Å². The van der Waals surface area contributed by atoms with E-state index in [-0.39, 0.29) is 5.92 Å². The molecule has 18 heavy (non-hydrogen) atoms. The number of rotatable bonds is 4. The molecule has 0 radical (unpaired) electrons. The van der Waals surface area contributed by atoms with Crippen molar-refractivity contribution in [2.24, 2.45) is 11.7 Å². The predicted molar refractivity (Wildman–Crippen MR) is 74.7 cm³/mol. The summed E-state index contributed by atoms with van der Waals surface area (Å²) < 4.78 is 1.71. The zero-order chi connectivity index (χ0) is 13.3. The van der Waals surface area contributed by atoms with E-state index in [4.69, 9.17) is 18.0 Å². The first kappa shape index (κ1) is 12.7. The van der Waals surface area contributed by atoms with Gasteiger partial charge in [0, 0.05) is 31.3 Å². The smallest absolute Gasteiger partial charge is 0.254 e. The molecule has 0 spiro atoms. The van der Waals surface area contributed by atoms with Crippen molar-refractivity contribution in [2.75, 3.05) is 18.5 Å². The lowest BCUT2D eigenvalue weighted by Gasteiger charge is -2.23. The molecule has 1 atom stereocenters. The van der Waals surface area contributed by atoms with Gasteiger partial charge < -0.3 is 10.6 Å². The SMILES string of the molecule is Cc1cc(N(C)CC(C)C(N)=S)n2ncnc2n1. The Labute approximate surface area is 111 Å². The number of hydrogen-bond donors (Lipinski definition) is 1. The van der Waals surface area contributed by atoms with E-state index in [9.17, 15) is 0 Å². The van der Waals surface area contributed by atoms with E-state index in [0.29, 0.717) is 10.8 Å². The monoisotopic (exact) mass is 264 g/mol. The second-order valence-corrected chi connectivity index (χ2v) is 4.88. The molecule has 0 aliphatic heterocycles. The number of hydrogen-bond acceptors (Lipinski definition) is 5. The van der Waals surface area contributed by atoms with Crippen LogP contribution in [0.1, 0.15) is 12.6 Å². The zero-order valence-corrected chi connectivity index (χ0v) is 11.5. The minimum atomic E-state index is 0.136. The number of anilines is 1. The number of nitrogens with zero attached hydrogens (tertiary/aromatic N) is 5. The quantitative estimate of drug-likeness (QED) is 0.823. The average Bonchev–Trinajstić information content (AvgIpc) is 2.75. The molecule has 0 aromatic carbocycles. The van der Waals surface area contributed by atoms with Crippen molar-refractivity contribution in [2.45, 2.75) is 13.8 Å². The molecule has 0 saturated heterocycles. The molecule has 0 aliphatic carbocycles. The fourth-order valence-corrected chi connectivity index (χ4v) is 1.85. The lowest BCUT2D eigenvalue weighted by atomic mass is 10.2. The van der Waals surface area contributed by atoms with Crippen molar-refractivity contribution in [3.63, 3.8) is 0 Å². The number of nitrogens with two attached hydrogens (primary N) is 1. The van der Waals surface area contributed by atoms with Crippen molar-refractivity contribution in [3.8, 4) is 0 Å². The third kappa shape index (κ3) is 2.40. The number of aromatic nitrogens is 4. The molecule has 0 fully saturated rings. The summed E-state index contributed by atoms with van der Waals surface area (Å²) in [5, 5.41) is 4.17. The second kappa shape index (κ2) is 4.85. The molecule has 2 N–H and O–H groups in total. The van der Waals surface area contributed by atoms with Crippen LogP contribution in [-0.2, 0) is 0 Å². The van der Waals surface area contributed by atoms with Gasteiger partial charge in [0.1, 0.15) is 12.1 Å². The van der Waals surface area contributed by atoms with Crippen LogP contribution in [0.2, 0.25) is 0 Å². The Morgan fingerprint density at radius 1 is 1.61 bits per heavy atom. The topological polar surface area (TPSA) is 72.3 Å². The lowest BCUT2D eigenvalue weighted by molar-refractivity contribution is 0.720. The first-order chi connectivity index (χ1) is 8.49.